The molecule has 90 valence electrons. The third kappa shape index (κ3) is 3.56. The third-order valence-corrected chi connectivity index (χ3v) is 3.66. The second-order valence-corrected chi connectivity index (χ2v) is 5.17. The van der Waals surface area contributed by atoms with Gasteiger partial charge in [0.2, 0.25) is 0 Å². The minimum Gasteiger partial charge on any atom is -0.324 e. The molecule has 2 unspecified atom stereocenters. The quantitative estimate of drug-likeness (QED) is 0.853. The van der Waals surface area contributed by atoms with Crippen molar-refractivity contribution < 1.29 is 4.39 Å². The van der Waals surface area contributed by atoms with Crippen LogP contribution < -0.4 is 5.73 Å². The Bertz CT molecular complexity index is 341. The molecular formula is C13H19BrFN. The van der Waals surface area contributed by atoms with Crippen molar-refractivity contribution in [3.05, 3.63) is 34.1 Å². The molecule has 1 aromatic carbocycles. The fraction of sp³-hybridized carbons (Fsp3) is 0.538. The van der Waals surface area contributed by atoms with E-state index in [4.69, 9.17) is 5.73 Å². The fourth-order valence-corrected chi connectivity index (χ4v) is 2.54. The van der Waals surface area contributed by atoms with Gasteiger partial charge < -0.3 is 5.73 Å². The van der Waals surface area contributed by atoms with E-state index in [0.717, 1.165) is 18.4 Å². The van der Waals surface area contributed by atoms with Crippen molar-refractivity contribution in [2.45, 2.75) is 39.2 Å². The first kappa shape index (κ1) is 13.7. The summed E-state index contributed by atoms with van der Waals surface area (Å²) in [6.07, 6.45) is 3.23. The predicted octanol–water partition coefficient (Wildman–Crippen LogP) is 4.41. The molecule has 0 spiro atoms. The highest BCUT2D eigenvalue weighted by atomic mass is 79.9. The lowest BCUT2D eigenvalue weighted by Gasteiger charge is -2.18. The van der Waals surface area contributed by atoms with Crippen LogP contribution in [0.5, 0.6) is 0 Å². The minimum absolute atomic E-state index is 0.0911. The second-order valence-electron chi connectivity index (χ2n) is 4.38. The Balaban J connectivity index is 2.72. The average Bonchev–Trinajstić information content (AvgIpc) is 2.22. The molecule has 2 N–H and O–H groups in total. The van der Waals surface area contributed by atoms with Crippen LogP contribution >= 0.6 is 15.9 Å². The van der Waals surface area contributed by atoms with Crippen LogP contribution in [0, 0.1) is 11.7 Å². The Morgan fingerprint density at radius 2 is 2.12 bits per heavy atom. The molecule has 0 saturated carbocycles. The molecule has 0 aliphatic carbocycles. The van der Waals surface area contributed by atoms with Gasteiger partial charge in [-0.15, -0.1) is 0 Å². The highest BCUT2D eigenvalue weighted by Crippen LogP contribution is 2.29. The molecule has 0 bridgehead atoms. The largest absolute Gasteiger partial charge is 0.324 e. The zero-order chi connectivity index (χ0) is 12.1. The van der Waals surface area contributed by atoms with Crippen LogP contribution in [0.15, 0.2) is 22.7 Å². The highest BCUT2D eigenvalue weighted by molar-refractivity contribution is 9.10. The molecule has 2 atom stereocenters. The molecule has 0 aliphatic rings. The van der Waals surface area contributed by atoms with Gasteiger partial charge in [-0.05, 0) is 39.9 Å². The van der Waals surface area contributed by atoms with Crippen LogP contribution in [0.4, 0.5) is 4.39 Å². The summed E-state index contributed by atoms with van der Waals surface area (Å²) in [6.45, 7) is 4.36. The SMILES string of the molecule is CCCC(C)CC(N)c1cccc(F)c1Br. The smallest absolute Gasteiger partial charge is 0.137 e. The maximum absolute atomic E-state index is 13.3. The number of hydrogen-bond donors (Lipinski definition) is 1. The first-order valence-electron chi connectivity index (χ1n) is 5.75. The second kappa shape index (κ2) is 6.36. The topological polar surface area (TPSA) is 26.0 Å². The summed E-state index contributed by atoms with van der Waals surface area (Å²) >= 11 is 3.25. The van der Waals surface area contributed by atoms with E-state index < -0.39 is 0 Å². The molecule has 0 heterocycles. The van der Waals surface area contributed by atoms with Crippen LogP contribution in [0.1, 0.15) is 44.7 Å². The van der Waals surface area contributed by atoms with E-state index in [1.807, 2.05) is 6.07 Å². The predicted molar refractivity (Wildman–Crippen MR) is 69.7 cm³/mol. The zero-order valence-electron chi connectivity index (χ0n) is 9.84. The van der Waals surface area contributed by atoms with Crippen LogP contribution in [0.3, 0.4) is 0 Å². The molecular weight excluding hydrogens is 269 g/mol. The van der Waals surface area contributed by atoms with Crippen molar-refractivity contribution >= 4 is 15.9 Å². The van der Waals surface area contributed by atoms with Gasteiger partial charge in [0, 0.05) is 6.04 Å². The van der Waals surface area contributed by atoms with Crippen LogP contribution in [0.2, 0.25) is 0 Å². The van der Waals surface area contributed by atoms with Crippen molar-refractivity contribution in [3.8, 4) is 0 Å². The Labute approximate surface area is 105 Å². The van der Waals surface area contributed by atoms with Crippen molar-refractivity contribution in [2.75, 3.05) is 0 Å². The van der Waals surface area contributed by atoms with Crippen molar-refractivity contribution in [2.24, 2.45) is 11.7 Å². The zero-order valence-corrected chi connectivity index (χ0v) is 11.4. The summed E-state index contributed by atoms with van der Waals surface area (Å²) in [5.74, 6) is 0.339. The van der Waals surface area contributed by atoms with Crippen molar-refractivity contribution in [1.82, 2.24) is 0 Å². The normalized spacial score (nSPS) is 14.8. The molecule has 0 amide bonds. The van der Waals surface area contributed by atoms with E-state index in [1.165, 1.54) is 12.5 Å². The summed E-state index contributed by atoms with van der Waals surface area (Å²) in [5, 5.41) is 0. The summed E-state index contributed by atoms with van der Waals surface area (Å²) < 4.78 is 13.8. The van der Waals surface area contributed by atoms with E-state index in [9.17, 15) is 4.39 Å². The summed E-state index contributed by atoms with van der Waals surface area (Å²) in [5.41, 5.74) is 6.96. The molecule has 0 aromatic heterocycles. The van der Waals surface area contributed by atoms with E-state index >= 15 is 0 Å². The Morgan fingerprint density at radius 3 is 2.75 bits per heavy atom. The van der Waals surface area contributed by atoms with Gasteiger partial charge in [0.15, 0.2) is 0 Å². The van der Waals surface area contributed by atoms with Gasteiger partial charge >= 0.3 is 0 Å². The maximum atomic E-state index is 13.3. The fourth-order valence-electron chi connectivity index (χ4n) is 1.98. The van der Waals surface area contributed by atoms with Crippen molar-refractivity contribution in [3.63, 3.8) is 0 Å². The third-order valence-electron chi connectivity index (χ3n) is 2.82. The van der Waals surface area contributed by atoms with E-state index in [-0.39, 0.29) is 11.9 Å². The first-order valence-corrected chi connectivity index (χ1v) is 6.55. The number of rotatable bonds is 5. The van der Waals surface area contributed by atoms with Crippen LogP contribution in [0.25, 0.3) is 0 Å². The minimum atomic E-state index is -0.240. The monoisotopic (exact) mass is 287 g/mol. The Hall–Kier alpha value is -0.410. The van der Waals surface area contributed by atoms with Gasteiger partial charge in [0.25, 0.3) is 0 Å². The number of benzene rings is 1. The molecule has 1 rings (SSSR count). The highest BCUT2D eigenvalue weighted by Gasteiger charge is 2.15. The van der Waals surface area contributed by atoms with Crippen molar-refractivity contribution in [1.29, 1.82) is 0 Å². The number of hydrogen-bond acceptors (Lipinski definition) is 1. The molecule has 3 heteroatoms. The molecule has 1 aromatic rings. The molecule has 0 radical (unpaired) electrons. The van der Waals surface area contributed by atoms with E-state index in [0.29, 0.717) is 10.4 Å². The molecule has 0 aliphatic heterocycles. The van der Waals surface area contributed by atoms with Gasteiger partial charge in [-0.25, -0.2) is 4.39 Å². The number of nitrogens with two attached hydrogens (primary N) is 1. The Morgan fingerprint density at radius 1 is 1.44 bits per heavy atom. The molecule has 0 fully saturated rings. The van der Waals surface area contributed by atoms with E-state index in [2.05, 4.69) is 29.8 Å². The van der Waals surface area contributed by atoms with Crippen LogP contribution in [-0.4, -0.2) is 0 Å². The average molecular weight is 288 g/mol. The molecule has 1 nitrogen and oxygen atoms in total. The summed E-state index contributed by atoms with van der Waals surface area (Å²) in [6, 6.07) is 4.94. The van der Waals surface area contributed by atoms with Gasteiger partial charge in [0.1, 0.15) is 5.82 Å². The van der Waals surface area contributed by atoms with E-state index in [1.54, 1.807) is 6.07 Å². The lowest BCUT2D eigenvalue weighted by atomic mass is 9.93. The molecule has 0 saturated heterocycles. The standard InChI is InChI=1S/C13H19BrFN/c1-3-5-9(2)8-12(16)10-6-4-7-11(15)13(10)14/h4,6-7,9,12H,3,5,8,16H2,1-2H3. The Kier molecular flexibility index (Phi) is 5.42. The number of halogens is 2. The van der Waals surface area contributed by atoms with Gasteiger partial charge in [-0.3, -0.25) is 0 Å². The van der Waals surface area contributed by atoms with Gasteiger partial charge in [-0.1, -0.05) is 38.8 Å². The maximum Gasteiger partial charge on any atom is 0.137 e. The lowest BCUT2D eigenvalue weighted by molar-refractivity contribution is 0.438. The molecule has 16 heavy (non-hydrogen) atoms. The summed E-state index contributed by atoms with van der Waals surface area (Å²) in [7, 11) is 0. The van der Waals surface area contributed by atoms with Crippen LogP contribution in [-0.2, 0) is 0 Å². The lowest BCUT2D eigenvalue weighted by Crippen LogP contribution is -2.15. The summed E-state index contributed by atoms with van der Waals surface area (Å²) in [4.78, 5) is 0. The first-order chi connectivity index (χ1) is 7.56. The van der Waals surface area contributed by atoms with Gasteiger partial charge in [0.05, 0.1) is 4.47 Å². The van der Waals surface area contributed by atoms with Gasteiger partial charge in [-0.2, -0.15) is 0 Å².